The minimum Gasteiger partial charge on any atom is -0.469 e. The molecule has 2 rings (SSSR count). The summed E-state index contributed by atoms with van der Waals surface area (Å²) in [5.74, 6) is -0.530. The van der Waals surface area contributed by atoms with Crippen molar-refractivity contribution >= 4 is 5.97 Å². The second-order valence-electron chi connectivity index (χ2n) is 5.12. The van der Waals surface area contributed by atoms with E-state index in [1.54, 1.807) is 0 Å². The van der Waals surface area contributed by atoms with Crippen LogP contribution in [0.4, 0.5) is 0 Å². The number of H-pyrrole nitrogens is 1. The molecule has 1 aromatic heterocycles. The molecule has 0 amide bonds. The third kappa shape index (κ3) is 3.50. The molecule has 1 unspecified atom stereocenters. The van der Waals surface area contributed by atoms with Crippen molar-refractivity contribution < 1.29 is 29.6 Å². The molecule has 23 heavy (non-hydrogen) atoms. The number of aliphatic hydroxyl groups is 3. The van der Waals surface area contributed by atoms with Gasteiger partial charge in [0.05, 0.1) is 25.7 Å². The molecule has 128 valence electrons. The zero-order chi connectivity index (χ0) is 17.1. The number of aliphatic hydroxyl groups excluding tert-OH is 3. The number of carbonyl (C=O) groups is 1. The SMILES string of the molecule is COC(=O)CCn1cc([C@@H]2O[C@H](CO)[C@H](O)C2O)c(=O)[nH]c1=O. The Morgan fingerprint density at radius 2 is 2.09 bits per heavy atom. The van der Waals surface area contributed by atoms with Gasteiger partial charge < -0.3 is 24.8 Å². The highest BCUT2D eigenvalue weighted by Gasteiger charge is 2.44. The summed E-state index contributed by atoms with van der Waals surface area (Å²) in [5.41, 5.74) is -1.59. The predicted molar refractivity (Wildman–Crippen MR) is 74.7 cm³/mol. The van der Waals surface area contributed by atoms with E-state index in [0.717, 1.165) is 10.8 Å². The number of aromatic nitrogens is 2. The average molecular weight is 330 g/mol. The van der Waals surface area contributed by atoms with Crippen molar-refractivity contribution in [1.29, 1.82) is 0 Å². The van der Waals surface area contributed by atoms with E-state index in [1.165, 1.54) is 7.11 Å². The van der Waals surface area contributed by atoms with E-state index in [9.17, 15) is 24.6 Å². The maximum atomic E-state index is 11.9. The molecule has 1 saturated heterocycles. The first-order valence-corrected chi connectivity index (χ1v) is 6.92. The van der Waals surface area contributed by atoms with E-state index < -0.39 is 48.2 Å². The zero-order valence-electron chi connectivity index (χ0n) is 12.3. The highest BCUT2D eigenvalue weighted by atomic mass is 16.6. The van der Waals surface area contributed by atoms with Gasteiger partial charge in [0.2, 0.25) is 0 Å². The number of esters is 1. The Kier molecular flexibility index (Phi) is 5.31. The summed E-state index contributed by atoms with van der Waals surface area (Å²) >= 11 is 0. The Morgan fingerprint density at radius 3 is 2.65 bits per heavy atom. The molecule has 10 nitrogen and oxygen atoms in total. The van der Waals surface area contributed by atoms with Gasteiger partial charge >= 0.3 is 11.7 Å². The van der Waals surface area contributed by atoms with Gasteiger partial charge in [-0.2, -0.15) is 0 Å². The second-order valence-corrected chi connectivity index (χ2v) is 5.12. The van der Waals surface area contributed by atoms with Gasteiger partial charge in [0.25, 0.3) is 5.56 Å². The Balaban J connectivity index is 2.31. The number of rotatable bonds is 5. The fourth-order valence-corrected chi connectivity index (χ4v) is 2.37. The van der Waals surface area contributed by atoms with Crippen LogP contribution in [0.5, 0.6) is 0 Å². The number of aryl methyl sites for hydroxylation is 1. The van der Waals surface area contributed by atoms with E-state index in [2.05, 4.69) is 9.72 Å². The number of aromatic amines is 1. The van der Waals surface area contributed by atoms with Crippen LogP contribution in [0.2, 0.25) is 0 Å². The van der Waals surface area contributed by atoms with Gasteiger partial charge in [0.15, 0.2) is 0 Å². The first-order chi connectivity index (χ1) is 10.9. The molecule has 0 aliphatic carbocycles. The fraction of sp³-hybridized carbons (Fsp3) is 0.615. The molecule has 0 aromatic carbocycles. The predicted octanol–water partition coefficient (Wildman–Crippen LogP) is -2.75. The lowest BCUT2D eigenvalue weighted by Crippen LogP contribution is -2.36. The van der Waals surface area contributed by atoms with Crippen molar-refractivity contribution in [1.82, 2.24) is 9.55 Å². The van der Waals surface area contributed by atoms with Crippen LogP contribution in [0.25, 0.3) is 0 Å². The molecule has 1 aliphatic rings. The number of ether oxygens (including phenoxy) is 2. The number of hydrogen-bond acceptors (Lipinski definition) is 8. The van der Waals surface area contributed by atoms with Crippen LogP contribution in [-0.2, 0) is 20.8 Å². The molecule has 4 atom stereocenters. The summed E-state index contributed by atoms with van der Waals surface area (Å²) < 4.78 is 10.8. The largest absolute Gasteiger partial charge is 0.469 e. The average Bonchev–Trinajstić information content (AvgIpc) is 2.81. The molecule has 4 N–H and O–H groups in total. The molecular formula is C13H18N2O8. The summed E-state index contributed by atoms with van der Waals surface area (Å²) in [6, 6.07) is 0. The van der Waals surface area contributed by atoms with Crippen molar-refractivity contribution in [2.75, 3.05) is 13.7 Å². The molecule has 1 fully saturated rings. The van der Waals surface area contributed by atoms with E-state index in [-0.39, 0.29) is 18.5 Å². The Morgan fingerprint density at radius 1 is 1.39 bits per heavy atom. The van der Waals surface area contributed by atoms with Crippen LogP contribution in [0, 0.1) is 0 Å². The standard InChI is InChI=1S/C13H18N2O8/c1-22-8(17)2-3-15-4-6(12(20)14-13(15)21)11-10(19)9(18)7(5-16)23-11/h4,7,9-11,16,18-19H,2-3,5H2,1H3,(H,14,20,21)/t7-,9+,10?,11+/m1/s1. The third-order valence-corrected chi connectivity index (χ3v) is 3.67. The molecule has 0 radical (unpaired) electrons. The van der Waals surface area contributed by atoms with Crippen molar-refractivity contribution in [3.05, 3.63) is 32.6 Å². The van der Waals surface area contributed by atoms with E-state index in [0.29, 0.717) is 0 Å². The quantitative estimate of drug-likeness (QED) is 0.424. The van der Waals surface area contributed by atoms with Crippen molar-refractivity contribution in [2.24, 2.45) is 0 Å². The fourth-order valence-electron chi connectivity index (χ4n) is 2.37. The van der Waals surface area contributed by atoms with Gasteiger partial charge in [0.1, 0.15) is 24.4 Å². The molecule has 10 heteroatoms. The zero-order valence-corrected chi connectivity index (χ0v) is 12.3. The molecule has 0 spiro atoms. The van der Waals surface area contributed by atoms with Crippen LogP contribution in [0.3, 0.4) is 0 Å². The highest BCUT2D eigenvalue weighted by Crippen LogP contribution is 2.31. The van der Waals surface area contributed by atoms with Gasteiger partial charge in [-0.15, -0.1) is 0 Å². The third-order valence-electron chi connectivity index (χ3n) is 3.67. The van der Waals surface area contributed by atoms with Gasteiger partial charge in [-0.1, -0.05) is 0 Å². The van der Waals surface area contributed by atoms with Gasteiger partial charge in [-0.25, -0.2) is 4.79 Å². The number of carbonyl (C=O) groups excluding carboxylic acids is 1. The lowest BCUT2D eigenvalue weighted by molar-refractivity contribution is -0.140. The maximum absolute atomic E-state index is 11.9. The molecule has 2 heterocycles. The summed E-state index contributed by atoms with van der Waals surface area (Å²) in [6.45, 7) is -0.571. The summed E-state index contributed by atoms with van der Waals surface area (Å²) in [7, 11) is 1.21. The summed E-state index contributed by atoms with van der Waals surface area (Å²) in [5, 5.41) is 28.8. The van der Waals surface area contributed by atoms with E-state index >= 15 is 0 Å². The molecular weight excluding hydrogens is 312 g/mol. The van der Waals surface area contributed by atoms with Crippen LogP contribution in [-0.4, -0.2) is 62.9 Å². The lowest BCUT2D eigenvalue weighted by atomic mass is 10.0. The minimum atomic E-state index is -1.43. The molecule has 1 aliphatic heterocycles. The van der Waals surface area contributed by atoms with Crippen LogP contribution < -0.4 is 11.2 Å². The van der Waals surface area contributed by atoms with E-state index in [1.807, 2.05) is 0 Å². The second kappa shape index (κ2) is 7.04. The number of methoxy groups -OCH3 is 1. The van der Waals surface area contributed by atoms with Crippen LogP contribution >= 0.6 is 0 Å². The maximum Gasteiger partial charge on any atom is 0.328 e. The van der Waals surface area contributed by atoms with Crippen molar-refractivity contribution in [2.45, 2.75) is 37.4 Å². The Labute approximate surface area is 129 Å². The first-order valence-electron chi connectivity index (χ1n) is 6.92. The van der Waals surface area contributed by atoms with Gasteiger partial charge in [-0.3, -0.25) is 19.1 Å². The smallest absolute Gasteiger partial charge is 0.328 e. The molecule has 0 saturated carbocycles. The van der Waals surface area contributed by atoms with Crippen molar-refractivity contribution in [3.63, 3.8) is 0 Å². The highest BCUT2D eigenvalue weighted by molar-refractivity contribution is 5.68. The van der Waals surface area contributed by atoms with Gasteiger partial charge in [0, 0.05) is 12.7 Å². The lowest BCUT2D eigenvalue weighted by Gasteiger charge is -2.15. The normalized spacial score (nSPS) is 27.1. The molecule has 1 aromatic rings. The topological polar surface area (TPSA) is 151 Å². The number of hydrogen-bond donors (Lipinski definition) is 4. The van der Waals surface area contributed by atoms with Crippen molar-refractivity contribution in [3.8, 4) is 0 Å². The van der Waals surface area contributed by atoms with E-state index in [4.69, 9.17) is 9.84 Å². The minimum absolute atomic E-state index is 0.0376. The monoisotopic (exact) mass is 330 g/mol. The van der Waals surface area contributed by atoms with Crippen LogP contribution in [0.15, 0.2) is 15.8 Å². The number of nitrogens with one attached hydrogen (secondary N) is 1. The Bertz CT molecular complexity index is 681. The summed E-state index contributed by atoms with van der Waals surface area (Å²) in [6.07, 6.45) is -3.96. The number of nitrogens with zero attached hydrogens (tertiary/aromatic N) is 1. The molecule has 0 bridgehead atoms. The van der Waals surface area contributed by atoms with Crippen LogP contribution in [0.1, 0.15) is 18.1 Å². The summed E-state index contributed by atoms with van der Waals surface area (Å²) in [4.78, 5) is 36.9. The van der Waals surface area contributed by atoms with Gasteiger partial charge in [-0.05, 0) is 0 Å². The Hall–Kier alpha value is -2.01. The first kappa shape index (κ1) is 17.3.